The molecular formula is C15H15BrO3. The zero-order chi connectivity index (χ0) is 13.7. The Hall–Kier alpha value is -1.52. The Morgan fingerprint density at radius 2 is 1.84 bits per heavy atom. The number of rotatable bonds is 5. The fraction of sp³-hybridized carbons (Fsp3) is 0.200. The van der Waals surface area contributed by atoms with Gasteiger partial charge in [-0.2, -0.15) is 0 Å². The van der Waals surface area contributed by atoms with Crippen molar-refractivity contribution in [2.45, 2.75) is 6.10 Å². The summed E-state index contributed by atoms with van der Waals surface area (Å²) in [7, 11) is 1.59. The molecule has 4 heteroatoms. The summed E-state index contributed by atoms with van der Waals surface area (Å²) >= 11 is 3.40. The molecule has 0 unspecified atom stereocenters. The Balaban J connectivity index is 2.26. The van der Waals surface area contributed by atoms with E-state index in [4.69, 9.17) is 9.47 Å². The van der Waals surface area contributed by atoms with Gasteiger partial charge < -0.3 is 14.6 Å². The van der Waals surface area contributed by atoms with E-state index in [9.17, 15) is 5.11 Å². The van der Waals surface area contributed by atoms with Gasteiger partial charge in [-0.1, -0.05) is 46.3 Å². The smallest absolute Gasteiger partial charge is 0.163 e. The van der Waals surface area contributed by atoms with Crippen molar-refractivity contribution < 1.29 is 14.6 Å². The maximum absolute atomic E-state index is 9.50. The third kappa shape index (κ3) is 3.49. The van der Waals surface area contributed by atoms with Crippen molar-refractivity contribution in [3.63, 3.8) is 0 Å². The van der Waals surface area contributed by atoms with Crippen LogP contribution in [0.15, 0.2) is 53.0 Å². The summed E-state index contributed by atoms with van der Waals surface area (Å²) in [6.45, 7) is -0.0975. The molecule has 0 amide bonds. The lowest BCUT2D eigenvalue weighted by Gasteiger charge is -2.19. The average Bonchev–Trinajstić information content (AvgIpc) is 2.46. The minimum Gasteiger partial charge on any atom is -0.493 e. The van der Waals surface area contributed by atoms with Crippen LogP contribution in [-0.2, 0) is 0 Å². The normalized spacial score (nSPS) is 11.9. The van der Waals surface area contributed by atoms with Crippen molar-refractivity contribution in [3.05, 3.63) is 58.6 Å². The van der Waals surface area contributed by atoms with E-state index in [0.29, 0.717) is 11.5 Å². The highest BCUT2D eigenvalue weighted by atomic mass is 79.9. The number of methoxy groups -OCH3 is 1. The summed E-state index contributed by atoms with van der Waals surface area (Å²) in [5.74, 6) is 1.23. The SMILES string of the molecule is COc1ccc(Br)cc1O[C@H](CO)c1ccccc1. The molecule has 2 rings (SSSR count). The van der Waals surface area contributed by atoms with Gasteiger partial charge in [0, 0.05) is 4.47 Å². The van der Waals surface area contributed by atoms with Crippen molar-refractivity contribution >= 4 is 15.9 Å². The van der Waals surface area contributed by atoms with Crippen molar-refractivity contribution in [2.75, 3.05) is 13.7 Å². The molecule has 1 atom stereocenters. The van der Waals surface area contributed by atoms with Gasteiger partial charge in [-0.3, -0.25) is 0 Å². The molecular weight excluding hydrogens is 308 g/mol. The molecule has 0 bridgehead atoms. The first-order valence-corrected chi connectivity index (χ1v) is 6.70. The van der Waals surface area contributed by atoms with Gasteiger partial charge in [0.25, 0.3) is 0 Å². The summed E-state index contributed by atoms with van der Waals surface area (Å²) < 4.78 is 12.0. The van der Waals surface area contributed by atoms with E-state index in [-0.39, 0.29) is 6.61 Å². The second-order valence-electron chi connectivity index (χ2n) is 3.99. The summed E-state index contributed by atoms with van der Waals surface area (Å²) in [5.41, 5.74) is 0.923. The Morgan fingerprint density at radius 1 is 1.11 bits per heavy atom. The highest BCUT2D eigenvalue weighted by Crippen LogP contribution is 2.33. The second-order valence-corrected chi connectivity index (χ2v) is 4.91. The van der Waals surface area contributed by atoms with Gasteiger partial charge in [-0.15, -0.1) is 0 Å². The third-order valence-electron chi connectivity index (χ3n) is 2.73. The van der Waals surface area contributed by atoms with E-state index >= 15 is 0 Å². The first-order valence-electron chi connectivity index (χ1n) is 5.90. The van der Waals surface area contributed by atoms with Crippen molar-refractivity contribution in [2.24, 2.45) is 0 Å². The van der Waals surface area contributed by atoms with Gasteiger partial charge in [0.05, 0.1) is 13.7 Å². The highest BCUT2D eigenvalue weighted by molar-refractivity contribution is 9.10. The molecule has 2 aromatic carbocycles. The zero-order valence-electron chi connectivity index (χ0n) is 10.5. The van der Waals surface area contributed by atoms with E-state index in [1.54, 1.807) is 7.11 Å². The third-order valence-corrected chi connectivity index (χ3v) is 3.23. The van der Waals surface area contributed by atoms with Gasteiger partial charge in [0.15, 0.2) is 11.5 Å². The molecule has 100 valence electrons. The molecule has 0 aliphatic carbocycles. The maximum Gasteiger partial charge on any atom is 0.163 e. The van der Waals surface area contributed by atoms with Crippen molar-refractivity contribution in [1.82, 2.24) is 0 Å². The lowest BCUT2D eigenvalue weighted by atomic mass is 10.1. The molecule has 0 aliphatic rings. The lowest BCUT2D eigenvalue weighted by molar-refractivity contribution is 0.113. The standard InChI is InChI=1S/C15H15BrO3/c1-18-13-8-7-12(16)9-14(13)19-15(10-17)11-5-3-2-4-6-11/h2-9,15,17H,10H2,1H3/t15-/m1/s1. The summed E-state index contributed by atoms with van der Waals surface area (Å²) in [5, 5.41) is 9.50. The highest BCUT2D eigenvalue weighted by Gasteiger charge is 2.15. The Kier molecular flexibility index (Phi) is 4.82. The topological polar surface area (TPSA) is 38.7 Å². The molecule has 0 fully saturated rings. The molecule has 0 spiro atoms. The minimum absolute atomic E-state index is 0.0975. The Morgan fingerprint density at radius 3 is 2.47 bits per heavy atom. The number of ether oxygens (including phenoxy) is 2. The quantitative estimate of drug-likeness (QED) is 0.914. The Labute approximate surface area is 120 Å². The predicted octanol–water partition coefficient (Wildman–Crippen LogP) is 3.57. The van der Waals surface area contributed by atoms with Crippen LogP contribution in [0.4, 0.5) is 0 Å². The molecule has 0 heterocycles. The van der Waals surface area contributed by atoms with E-state index in [0.717, 1.165) is 10.0 Å². The predicted molar refractivity (Wildman–Crippen MR) is 77.6 cm³/mol. The van der Waals surface area contributed by atoms with Crippen LogP contribution in [-0.4, -0.2) is 18.8 Å². The van der Waals surface area contributed by atoms with Gasteiger partial charge in [0.2, 0.25) is 0 Å². The number of aliphatic hydroxyl groups is 1. The fourth-order valence-corrected chi connectivity index (χ4v) is 2.11. The molecule has 3 nitrogen and oxygen atoms in total. The average molecular weight is 323 g/mol. The van der Waals surface area contributed by atoms with Gasteiger partial charge in [0.1, 0.15) is 6.10 Å². The van der Waals surface area contributed by atoms with Crippen LogP contribution in [0.2, 0.25) is 0 Å². The number of benzene rings is 2. The van der Waals surface area contributed by atoms with Gasteiger partial charge >= 0.3 is 0 Å². The van der Waals surface area contributed by atoms with E-state index in [1.807, 2.05) is 48.5 Å². The molecule has 0 aromatic heterocycles. The second kappa shape index (κ2) is 6.59. The van der Waals surface area contributed by atoms with Gasteiger partial charge in [-0.25, -0.2) is 0 Å². The van der Waals surface area contributed by atoms with Gasteiger partial charge in [-0.05, 0) is 23.8 Å². The molecule has 19 heavy (non-hydrogen) atoms. The molecule has 2 aromatic rings. The monoisotopic (exact) mass is 322 g/mol. The van der Waals surface area contributed by atoms with E-state index in [1.165, 1.54) is 0 Å². The number of hydrogen-bond donors (Lipinski definition) is 1. The zero-order valence-corrected chi connectivity index (χ0v) is 12.1. The molecule has 0 saturated carbocycles. The molecule has 1 N–H and O–H groups in total. The lowest BCUT2D eigenvalue weighted by Crippen LogP contribution is -2.12. The summed E-state index contributed by atoms with van der Waals surface area (Å²) in [6, 6.07) is 15.1. The fourth-order valence-electron chi connectivity index (χ4n) is 1.77. The minimum atomic E-state index is -0.413. The Bertz CT molecular complexity index is 528. The first kappa shape index (κ1) is 13.9. The van der Waals surface area contributed by atoms with Crippen molar-refractivity contribution in [1.29, 1.82) is 0 Å². The first-order chi connectivity index (χ1) is 9.24. The number of halogens is 1. The summed E-state index contributed by atoms with van der Waals surface area (Å²) in [6.07, 6.45) is -0.413. The number of hydrogen-bond acceptors (Lipinski definition) is 3. The molecule has 0 radical (unpaired) electrons. The van der Waals surface area contributed by atoms with Crippen LogP contribution in [0, 0.1) is 0 Å². The van der Waals surface area contributed by atoms with Crippen LogP contribution in [0.25, 0.3) is 0 Å². The van der Waals surface area contributed by atoms with Crippen LogP contribution in [0.5, 0.6) is 11.5 Å². The van der Waals surface area contributed by atoms with E-state index < -0.39 is 6.10 Å². The maximum atomic E-state index is 9.50. The van der Waals surface area contributed by atoms with Crippen LogP contribution in [0.1, 0.15) is 11.7 Å². The summed E-state index contributed by atoms with van der Waals surface area (Å²) in [4.78, 5) is 0. The molecule has 0 aliphatic heterocycles. The van der Waals surface area contributed by atoms with E-state index in [2.05, 4.69) is 15.9 Å². The molecule has 0 saturated heterocycles. The van der Waals surface area contributed by atoms with Crippen LogP contribution >= 0.6 is 15.9 Å². The van der Waals surface area contributed by atoms with Crippen molar-refractivity contribution in [3.8, 4) is 11.5 Å². The number of aliphatic hydroxyl groups excluding tert-OH is 1. The van der Waals surface area contributed by atoms with Crippen LogP contribution in [0.3, 0.4) is 0 Å². The van der Waals surface area contributed by atoms with Crippen LogP contribution < -0.4 is 9.47 Å². The largest absolute Gasteiger partial charge is 0.493 e.